The Hall–Kier alpha value is -4.72. The first-order valence-electron chi connectivity index (χ1n) is 12.7. The van der Waals surface area contributed by atoms with E-state index in [9.17, 15) is 19.5 Å². The third kappa shape index (κ3) is 5.90. The minimum atomic E-state index is -1.01. The average Bonchev–Trinajstić information content (AvgIpc) is 2.90. The van der Waals surface area contributed by atoms with Gasteiger partial charge in [-0.2, -0.15) is 0 Å². The summed E-state index contributed by atoms with van der Waals surface area (Å²) in [4.78, 5) is 44.3. The summed E-state index contributed by atoms with van der Waals surface area (Å²) in [5.41, 5.74) is 4.60. The molecule has 4 aromatic rings. The van der Waals surface area contributed by atoms with Crippen LogP contribution in [0.15, 0.2) is 77.7 Å². The van der Waals surface area contributed by atoms with Crippen molar-refractivity contribution in [1.29, 1.82) is 0 Å². The first kappa shape index (κ1) is 27.3. The molecule has 0 saturated heterocycles. The van der Waals surface area contributed by atoms with Gasteiger partial charge in [-0.1, -0.05) is 44.2 Å². The first-order chi connectivity index (χ1) is 18.6. The van der Waals surface area contributed by atoms with E-state index in [1.807, 2.05) is 55.5 Å². The zero-order valence-corrected chi connectivity index (χ0v) is 22.7. The summed E-state index contributed by atoms with van der Waals surface area (Å²) < 4.78 is 1.45. The number of nitrogens with one attached hydrogen (secondary N) is 1. The molecule has 0 atom stereocenters. The molecular weight excluding hydrogens is 492 g/mol. The van der Waals surface area contributed by atoms with Crippen LogP contribution in [0.25, 0.3) is 11.3 Å². The van der Waals surface area contributed by atoms with Gasteiger partial charge in [0.05, 0.1) is 11.3 Å². The number of aromatic carboxylic acids is 1. The van der Waals surface area contributed by atoms with Gasteiger partial charge in [-0.05, 0) is 67.3 Å². The molecule has 0 bridgehead atoms. The van der Waals surface area contributed by atoms with Crippen LogP contribution in [0.1, 0.15) is 45.7 Å². The second kappa shape index (κ2) is 11.3. The number of rotatable bonds is 8. The van der Waals surface area contributed by atoms with E-state index in [0.717, 1.165) is 16.8 Å². The topological polar surface area (TPSA) is 105 Å². The number of anilines is 3. The van der Waals surface area contributed by atoms with Crippen LogP contribution in [0.4, 0.5) is 17.2 Å². The van der Waals surface area contributed by atoms with Crippen LogP contribution in [-0.2, 0) is 7.05 Å². The standard InChI is InChI=1S/C31H32N4O4/c1-19(2)17-35(29(36)22-10-7-6-8-11-22)27-13-9-12-25(21(27)4)26-18-34(5)30(37)28(33-26)32-23-14-15-24(31(38)39)20(3)16-23/h6-16,18-19H,17H2,1-5H3,(H,32,33)(H,38,39). The number of aryl methyl sites for hydroxylation is 2. The van der Waals surface area contributed by atoms with Crippen molar-refractivity contribution in [3.8, 4) is 11.3 Å². The Labute approximate surface area is 227 Å². The van der Waals surface area contributed by atoms with Gasteiger partial charge in [-0.25, -0.2) is 9.78 Å². The van der Waals surface area contributed by atoms with Crippen molar-refractivity contribution in [3.05, 3.63) is 106 Å². The maximum Gasteiger partial charge on any atom is 0.335 e. The molecule has 2 N–H and O–H groups in total. The number of nitrogens with zero attached hydrogens (tertiary/aromatic N) is 3. The summed E-state index contributed by atoms with van der Waals surface area (Å²) in [6.45, 7) is 8.33. The minimum absolute atomic E-state index is 0.0829. The van der Waals surface area contributed by atoms with Crippen LogP contribution >= 0.6 is 0 Å². The van der Waals surface area contributed by atoms with E-state index in [1.165, 1.54) is 10.6 Å². The smallest absolute Gasteiger partial charge is 0.335 e. The van der Waals surface area contributed by atoms with Crippen LogP contribution in [-0.4, -0.2) is 33.1 Å². The summed E-state index contributed by atoms with van der Waals surface area (Å²) in [5, 5.41) is 12.4. The van der Waals surface area contributed by atoms with E-state index >= 15 is 0 Å². The largest absolute Gasteiger partial charge is 0.478 e. The molecule has 1 amide bonds. The normalized spacial score (nSPS) is 10.9. The molecule has 0 spiro atoms. The SMILES string of the molecule is Cc1cc(Nc2nc(-c3cccc(N(CC(C)C)C(=O)c4ccccc4)c3C)cn(C)c2=O)ccc1C(=O)O. The summed E-state index contributed by atoms with van der Waals surface area (Å²) in [7, 11) is 1.65. The van der Waals surface area contributed by atoms with Gasteiger partial charge in [-0.3, -0.25) is 9.59 Å². The third-order valence-corrected chi connectivity index (χ3v) is 6.48. The second-order valence-corrected chi connectivity index (χ2v) is 9.98. The molecule has 8 nitrogen and oxygen atoms in total. The molecule has 0 aliphatic heterocycles. The third-order valence-electron chi connectivity index (χ3n) is 6.48. The van der Waals surface area contributed by atoms with Gasteiger partial charge in [0.25, 0.3) is 11.5 Å². The van der Waals surface area contributed by atoms with E-state index in [1.54, 1.807) is 37.2 Å². The Morgan fingerprint density at radius 1 is 1.03 bits per heavy atom. The van der Waals surface area contributed by atoms with Gasteiger partial charge in [0.15, 0.2) is 5.82 Å². The fourth-order valence-corrected chi connectivity index (χ4v) is 4.52. The number of hydrogen-bond acceptors (Lipinski definition) is 5. The van der Waals surface area contributed by atoms with E-state index < -0.39 is 5.97 Å². The average molecular weight is 525 g/mol. The summed E-state index contributed by atoms with van der Waals surface area (Å²) in [5.74, 6) is -0.743. The lowest BCUT2D eigenvalue weighted by Gasteiger charge is -2.27. The lowest BCUT2D eigenvalue weighted by Crippen LogP contribution is -2.34. The molecule has 1 aromatic heterocycles. The lowest BCUT2D eigenvalue weighted by molar-refractivity contribution is 0.0696. The highest BCUT2D eigenvalue weighted by Crippen LogP contribution is 2.31. The van der Waals surface area contributed by atoms with Gasteiger partial charge in [0, 0.05) is 42.3 Å². The number of carboxylic acid groups (broad SMARTS) is 1. The van der Waals surface area contributed by atoms with E-state index in [-0.39, 0.29) is 28.8 Å². The first-order valence-corrected chi connectivity index (χ1v) is 12.7. The molecule has 3 aromatic carbocycles. The van der Waals surface area contributed by atoms with E-state index in [4.69, 9.17) is 0 Å². The predicted molar refractivity (Wildman–Crippen MR) is 154 cm³/mol. The Balaban J connectivity index is 1.76. The van der Waals surface area contributed by atoms with Crippen LogP contribution in [0.2, 0.25) is 0 Å². The monoisotopic (exact) mass is 524 g/mol. The molecule has 0 aliphatic carbocycles. The zero-order valence-electron chi connectivity index (χ0n) is 22.7. The highest BCUT2D eigenvalue weighted by Gasteiger charge is 2.22. The van der Waals surface area contributed by atoms with Crippen molar-refractivity contribution in [2.45, 2.75) is 27.7 Å². The Morgan fingerprint density at radius 2 is 1.74 bits per heavy atom. The van der Waals surface area contributed by atoms with Crippen molar-refractivity contribution < 1.29 is 14.7 Å². The van der Waals surface area contributed by atoms with Gasteiger partial charge in [0.1, 0.15) is 0 Å². The van der Waals surface area contributed by atoms with Crippen LogP contribution < -0.4 is 15.8 Å². The van der Waals surface area contributed by atoms with Gasteiger partial charge in [-0.15, -0.1) is 0 Å². The van der Waals surface area contributed by atoms with Crippen LogP contribution in [0.3, 0.4) is 0 Å². The molecule has 0 saturated carbocycles. The fourth-order valence-electron chi connectivity index (χ4n) is 4.52. The summed E-state index contributed by atoms with van der Waals surface area (Å²) in [6.07, 6.45) is 1.67. The molecular formula is C31H32N4O4. The van der Waals surface area contributed by atoms with Crippen LogP contribution in [0.5, 0.6) is 0 Å². The zero-order chi connectivity index (χ0) is 28.3. The number of amides is 1. The molecule has 0 fully saturated rings. The Bertz CT molecular complexity index is 1590. The number of carbonyl (C=O) groups is 2. The molecule has 39 heavy (non-hydrogen) atoms. The number of carbonyl (C=O) groups excluding carboxylic acids is 1. The highest BCUT2D eigenvalue weighted by atomic mass is 16.4. The molecule has 0 unspecified atom stereocenters. The number of carboxylic acids is 1. The van der Waals surface area contributed by atoms with Crippen molar-refractivity contribution in [1.82, 2.24) is 9.55 Å². The number of aromatic nitrogens is 2. The van der Waals surface area contributed by atoms with Crippen molar-refractivity contribution in [2.24, 2.45) is 13.0 Å². The Morgan fingerprint density at radius 3 is 2.38 bits per heavy atom. The second-order valence-electron chi connectivity index (χ2n) is 9.98. The molecule has 4 rings (SSSR count). The van der Waals surface area contributed by atoms with Crippen molar-refractivity contribution in [3.63, 3.8) is 0 Å². The van der Waals surface area contributed by atoms with E-state index in [0.29, 0.717) is 29.1 Å². The predicted octanol–water partition coefficient (Wildman–Crippen LogP) is 5.81. The maximum absolute atomic E-state index is 13.5. The number of hydrogen-bond donors (Lipinski definition) is 2. The lowest BCUT2D eigenvalue weighted by atomic mass is 10.0. The van der Waals surface area contributed by atoms with Crippen molar-refractivity contribution >= 4 is 29.1 Å². The highest BCUT2D eigenvalue weighted by molar-refractivity contribution is 6.07. The van der Waals surface area contributed by atoms with E-state index in [2.05, 4.69) is 24.1 Å². The fraction of sp³-hybridized carbons (Fsp3) is 0.226. The Kier molecular flexibility index (Phi) is 7.95. The molecule has 1 heterocycles. The van der Waals surface area contributed by atoms with Crippen LogP contribution in [0, 0.1) is 19.8 Å². The van der Waals surface area contributed by atoms with Gasteiger partial charge >= 0.3 is 5.97 Å². The quantitative estimate of drug-likeness (QED) is 0.301. The van der Waals surface area contributed by atoms with Crippen molar-refractivity contribution in [2.75, 3.05) is 16.8 Å². The minimum Gasteiger partial charge on any atom is -0.478 e. The molecule has 200 valence electrons. The van der Waals surface area contributed by atoms with Gasteiger partial charge < -0.3 is 19.9 Å². The van der Waals surface area contributed by atoms with Gasteiger partial charge in [0.2, 0.25) is 0 Å². The molecule has 0 radical (unpaired) electrons. The molecule has 0 aliphatic rings. The maximum atomic E-state index is 13.5. The number of benzene rings is 3. The summed E-state index contributed by atoms with van der Waals surface area (Å²) >= 11 is 0. The molecule has 8 heteroatoms. The summed E-state index contributed by atoms with van der Waals surface area (Å²) in [6, 6.07) is 19.7.